The van der Waals surface area contributed by atoms with Gasteiger partial charge in [-0.05, 0) is 36.9 Å². The largest absolute Gasteiger partial charge is 0.350 e. The average Bonchev–Trinajstić information content (AvgIpc) is 3.04. The molecule has 0 bridgehead atoms. The van der Waals surface area contributed by atoms with Gasteiger partial charge in [0.2, 0.25) is 5.91 Å². The molecule has 1 aromatic carbocycles. The summed E-state index contributed by atoms with van der Waals surface area (Å²) in [5.74, 6) is 0.273. The Morgan fingerprint density at radius 1 is 1.38 bits per heavy atom. The van der Waals surface area contributed by atoms with Gasteiger partial charge >= 0.3 is 0 Å². The lowest BCUT2D eigenvalue weighted by molar-refractivity contribution is -0.121. The molecule has 0 radical (unpaired) electrons. The number of aryl methyl sites for hydroxylation is 1. The number of hydrogen-bond donors (Lipinski definition) is 2. The third-order valence-electron chi connectivity index (χ3n) is 4.78. The van der Waals surface area contributed by atoms with Crippen molar-refractivity contribution in [2.45, 2.75) is 32.1 Å². The first-order chi connectivity index (χ1) is 11.6. The molecule has 1 aromatic rings. The molecule has 2 aliphatic heterocycles. The van der Waals surface area contributed by atoms with Gasteiger partial charge in [0.15, 0.2) is 0 Å². The first-order valence-corrected chi connectivity index (χ1v) is 8.55. The van der Waals surface area contributed by atoms with Gasteiger partial charge in [0.05, 0.1) is 0 Å². The summed E-state index contributed by atoms with van der Waals surface area (Å²) in [5.41, 5.74) is 5.56. The fraction of sp³-hybridized carbons (Fsp3) is 0.500. The van der Waals surface area contributed by atoms with Crippen LogP contribution in [-0.4, -0.2) is 48.6 Å². The van der Waals surface area contributed by atoms with Gasteiger partial charge in [-0.1, -0.05) is 24.3 Å². The van der Waals surface area contributed by atoms with Crippen LogP contribution in [0, 0.1) is 6.92 Å². The molecule has 2 aliphatic rings. The second-order valence-electron chi connectivity index (χ2n) is 6.49. The molecule has 2 amide bonds. The van der Waals surface area contributed by atoms with Crippen molar-refractivity contribution >= 4 is 17.5 Å². The Bertz CT molecular complexity index is 656. The lowest BCUT2D eigenvalue weighted by atomic mass is 9.94. The summed E-state index contributed by atoms with van der Waals surface area (Å²) in [4.78, 5) is 25.4. The lowest BCUT2D eigenvalue weighted by Crippen LogP contribution is -2.40. The van der Waals surface area contributed by atoms with Crippen molar-refractivity contribution in [3.63, 3.8) is 0 Å². The SMILES string of the molecule is Cc1ccccc1[C@H]1CCN(CCNC(=O)C2=NNC(=O)CC2)C1. The Labute approximate surface area is 142 Å². The smallest absolute Gasteiger partial charge is 0.267 e. The van der Waals surface area contributed by atoms with Crippen LogP contribution in [0.5, 0.6) is 0 Å². The van der Waals surface area contributed by atoms with E-state index in [4.69, 9.17) is 0 Å². The van der Waals surface area contributed by atoms with E-state index in [0.717, 1.165) is 26.1 Å². The molecule has 1 saturated heterocycles. The highest BCUT2D eigenvalue weighted by Crippen LogP contribution is 2.28. The van der Waals surface area contributed by atoms with E-state index in [1.807, 2.05) is 0 Å². The molecule has 1 atom stereocenters. The number of carbonyl (C=O) groups excluding carboxylic acids is 2. The van der Waals surface area contributed by atoms with Crippen LogP contribution < -0.4 is 10.7 Å². The van der Waals surface area contributed by atoms with Gasteiger partial charge in [-0.2, -0.15) is 5.10 Å². The van der Waals surface area contributed by atoms with Crippen LogP contribution in [0.15, 0.2) is 29.4 Å². The maximum absolute atomic E-state index is 12.0. The first kappa shape index (κ1) is 16.6. The highest BCUT2D eigenvalue weighted by Gasteiger charge is 2.24. The van der Waals surface area contributed by atoms with E-state index in [2.05, 4.69) is 51.9 Å². The molecule has 128 valence electrons. The number of nitrogens with zero attached hydrogens (tertiary/aromatic N) is 2. The highest BCUT2D eigenvalue weighted by atomic mass is 16.2. The molecule has 2 heterocycles. The van der Waals surface area contributed by atoms with Crippen LogP contribution in [0.2, 0.25) is 0 Å². The van der Waals surface area contributed by atoms with Crippen molar-refractivity contribution < 1.29 is 9.59 Å². The second-order valence-corrected chi connectivity index (χ2v) is 6.49. The molecule has 3 rings (SSSR count). The van der Waals surface area contributed by atoms with Crippen molar-refractivity contribution in [3.8, 4) is 0 Å². The number of amides is 2. The predicted octanol–water partition coefficient (Wildman–Crippen LogP) is 1.17. The predicted molar refractivity (Wildman–Crippen MR) is 92.8 cm³/mol. The highest BCUT2D eigenvalue weighted by molar-refractivity contribution is 6.39. The number of rotatable bonds is 5. The molecule has 2 N–H and O–H groups in total. The van der Waals surface area contributed by atoms with E-state index in [9.17, 15) is 9.59 Å². The van der Waals surface area contributed by atoms with Crippen molar-refractivity contribution in [1.29, 1.82) is 0 Å². The Balaban J connectivity index is 1.43. The van der Waals surface area contributed by atoms with Gasteiger partial charge in [0, 0.05) is 32.5 Å². The second kappa shape index (κ2) is 7.57. The molecule has 0 saturated carbocycles. The Morgan fingerprint density at radius 3 is 2.96 bits per heavy atom. The summed E-state index contributed by atoms with van der Waals surface area (Å²) in [6, 6.07) is 8.58. The van der Waals surface area contributed by atoms with Gasteiger partial charge < -0.3 is 10.2 Å². The number of benzene rings is 1. The quantitative estimate of drug-likeness (QED) is 0.852. The van der Waals surface area contributed by atoms with Crippen LogP contribution in [0.3, 0.4) is 0 Å². The number of hydrazone groups is 1. The standard InChI is InChI=1S/C18H24N4O2/c1-13-4-2-3-5-15(13)14-8-10-22(12-14)11-9-19-18(24)16-6-7-17(23)21-20-16/h2-5,14H,6-12H2,1H3,(H,19,24)(H,21,23)/t14-/m0/s1. The molecule has 0 aliphatic carbocycles. The molecular formula is C18H24N4O2. The zero-order valence-corrected chi connectivity index (χ0v) is 14.0. The van der Waals surface area contributed by atoms with Crippen LogP contribution in [0.25, 0.3) is 0 Å². The van der Waals surface area contributed by atoms with E-state index in [0.29, 0.717) is 31.0 Å². The van der Waals surface area contributed by atoms with E-state index in [-0.39, 0.29) is 11.8 Å². The van der Waals surface area contributed by atoms with Crippen molar-refractivity contribution in [2.24, 2.45) is 5.10 Å². The summed E-state index contributed by atoms with van der Waals surface area (Å²) >= 11 is 0. The summed E-state index contributed by atoms with van der Waals surface area (Å²) in [6.07, 6.45) is 1.91. The van der Waals surface area contributed by atoms with Crippen LogP contribution in [0.1, 0.15) is 36.3 Å². The summed E-state index contributed by atoms with van der Waals surface area (Å²) in [6.45, 7) is 5.71. The monoisotopic (exact) mass is 328 g/mol. The zero-order chi connectivity index (χ0) is 16.9. The van der Waals surface area contributed by atoms with Gasteiger partial charge in [-0.25, -0.2) is 5.43 Å². The summed E-state index contributed by atoms with van der Waals surface area (Å²) < 4.78 is 0. The average molecular weight is 328 g/mol. The number of likely N-dealkylation sites (tertiary alicyclic amines) is 1. The number of nitrogens with one attached hydrogen (secondary N) is 2. The molecular weight excluding hydrogens is 304 g/mol. The Kier molecular flexibility index (Phi) is 5.25. The molecule has 0 spiro atoms. The lowest BCUT2D eigenvalue weighted by Gasteiger charge is -2.18. The van der Waals surface area contributed by atoms with Crippen molar-refractivity contribution in [2.75, 3.05) is 26.2 Å². The van der Waals surface area contributed by atoms with Crippen LogP contribution in [-0.2, 0) is 9.59 Å². The van der Waals surface area contributed by atoms with E-state index in [1.165, 1.54) is 11.1 Å². The van der Waals surface area contributed by atoms with Crippen LogP contribution in [0.4, 0.5) is 0 Å². The van der Waals surface area contributed by atoms with Gasteiger partial charge in [0.1, 0.15) is 5.71 Å². The van der Waals surface area contributed by atoms with Crippen LogP contribution >= 0.6 is 0 Å². The summed E-state index contributed by atoms with van der Waals surface area (Å²) in [5, 5.41) is 6.71. The maximum Gasteiger partial charge on any atom is 0.267 e. The van der Waals surface area contributed by atoms with Gasteiger partial charge in [-0.15, -0.1) is 0 Å². The molecule has 0 unspecified atom stereocenters. The molecule has 6 heteroatoms. The minimum Gasteiger partial charge on any atom is -0.350 e. The third kappa shape index (κ3) is 4.00. The molecule has 0 aromatic heterocycles. The molecule has 1 fully saturated rings. The number of hydrogen-bond acceptors (Lipinski definition) is 4. The fourth-order valence-corrected chi connectivity index (χ4v) is 3.40. The first-order valence-electron chi connectivity index (χ1n) is 8.55. The van der Waals surface area contributed by atoms with Gasteiger partial charge in [-0.3, -0.25) is 9.59 Å². The van der Waals surface area contributed by atoms with Crippen molar-refractivity contribution in [3.05, 3.63) is 35.4 Å². The number of carbonyl (C=O) groups is 2. The van der Waals surface area contributed by atoms with Gasteiger partial charge in [0.25, 0.3) is 5.91 Å². The fourth-order valence-electron chi connectivity index (χ4n) is 3.40. The molecule has 24 heavy (non-hydrogen) atoms. The zero-order valence-electron chi connectivity index (χ0n) is 14.0. The topological polar surface area (TPSA) is 73.8 Å². The minimum absolute atomic E-state index is 0.133. The summed E-state index contributed by atoms with van der Waals surface area (Å²) in [7, 11) is 0. The minimum atomic E-state index is -0.176. The maximum atomic E-state index is 12.0. The normalized spacial score (nSPS) is 21.3. The van der Waals surface area contributed by atoms with E-state index >= 15 is 0 Å². The Morgan fingerprint density at radius 2 is 2.21 bits per heavy atom. The molecule has 6 nitrogen and oxygen atoms in total. The third-order valence-corrected chi connectivity index (χ3v) is 4.78. The van der Waals surface area contributed by atoms with E-state index in [1.54, 1.807) is 0 Å². The van der Waals surface area contributed by atoms with Crippen molar-refractivity contribution in [1.82, 2.24) is 15.6 Å². The van der Waals surface area contributed by atoms with E-state index < -0.39 is 0 Å². The Hall–Kier alpha value is -2.21.